The molecule has 1 heterocycles. The van der Waals surface area contributed by atoms with Crippen molar-refractivity contribution in [2.75, 3.05) is 32.7 Å². The van der Waals surface area contributed by atoms with E-state index in [4.69, 9.17) is 0 Å². The summed E-state index contributed by atoms with van der Waals surface area (Å²) in [5.74, 6) is 0.427. The maximum absolute atomic E-state index is 12.3. The molecule has 27 heavy (non-hydrogen) atoms. The van der Waals surface area contributed by atoms with E-state index in [-0.39, 0.29) is 5.91 Å². The van der Waals surface area contributed by atoms with Crippen molar-refractivity contribution in [1.29, 1.82) is 0 Å². The van der Waals surface area contributed by atoms with Crippen molar-refractivity contribution in [2.45, 2.75) is 31.9 Å². The quantitative estimate of drug-likeness (QED) is 0.556. The van der Waals surface area contributed by atoms with Gasteiger partial charge in [-0.1, -0.05) is 33.5 Å². The van der Waals surface area contributed by atoms with Crippen LogP contribution in [0.5, 0.6) is 0 Å². The highest BCUT2D eigenvalue weighted by Gasteiger charge is 2.21. The van der Waals surface area contributed by atoms with Gasteiger partial charge in [0.1, 0.15) is 7.85 Å². The Bertz CT molecular complexity index is 730. The number of amides is 1. The number of carbonyl (C=O) groups excluding carboxylic acids is 1. The van der Waals surface area contributed by atoms with Gasteiger partial charge in [0.25, 0.3) is 5.91 Å². The van der Waals surface area contributed by atoms with Crippen molar-refractivity contribution in [1.82, 2.24) is 14.9 Å². The third-order valence-corrected chi connectivity index (χ3v) is 7.22. The van der Waals surface area contributed by atoms with Crippen LogP contribution in [0, 0.1) is 5.92 Å². The molecule has 1 aromatic carbocycles. The summed E-state index contributed by atoms with van der Waals surface area (Å²) >= 11 is 3.43. The first-order chi connectivity index (χ1) is 12.7. The van der Waals surface area contributed by atoms with Gasteiger partial charge in [0.2, 0.25) is 10.0 Å². The van der Waals surface area contributed by atoms with Gasteiger partial charge in [-0.15, -0.1) is 0 Å². The van der Waals surface area contributed by atoms with E-state index in [2.05, 4.69) is 30.9 Å². The van der Waals surface area contributed by atoms with Crippen LogP contribution in [0.25, 0.3) is 0 Å². The van der Waals surface area contributed by atoms with Gasteiger partial charge in [-0.2, -0.15) is 0 Å². The Morgan fingerprint density at radius 2 is 1.96 bits per heavy atom. The third kappa shape index (κ3) is 7.21. The number of rotatable bonds is 8. The van der Waals surface area contributed by atoms with Crippen molar-refractivity contribution in [3.63, 3.8) is 0 Å². The van der Waals surface area contributed by atoms with E-state index >= 15 is 0 Å². The molecular weight excluding hydrogens is 429 g/mol. The minimum Gasteiger partial charge on any atom is -0.352 e. The van der Waals surface area contributed by atoms with Crippen molar-refractivity contribution in [3.8, 4) is 0 Å². The van der Waals surface area contributed by atoms with Gasteiger partial charge in [0.05, 0.1) is 5.25 Å². The topological polar surface area (TPSA) is 78.5 Å². The molecule has 1 saturated heterocycles. The van der Waals surface area contributed by atoms with Gasteiger partial charge in [0, 0.05) is 29.7 Å². The van der Waals surface area contributed by atoms with Crippen LogP contribution in [-0.4, -0.2) is 65.0 Å². The second kappa shape index (κ2) is 10.0. The van der Waals surface area contributed by atoms with E-state index < -0.39 is 15.3 Å². The molecule has 9 heteroatoms. The smallest absolute Gasteiger partial charge is 0.251 e. The zero-order valence-electron chi connectivity index (χ0n) is 16.3. The standard InChI is InChI=1S/C18H29BBrN3O3S/c1-13(2)27(25,26)22-5-8-23-6-3-14(4-7-23)12-21-18(24)15-9-16(19)11-17(20)10-15/h9-11,13-14,22H,3-8,12,19H2,1-2H3,(H,21,24). The minimum absolute atomic E-state index is 0.0371. The first-order valence-corrected chi connectivity index (χ1v) is 11.8. The molecule has 2 N–H and O–H groups in total. The van der Waals surface area contributed by atoms with Crippen LogP contribution >= 0.6 is 15.9 Å². The van der Waals surface area contributed by atoms with Gasteiger partial charge in [0.15, 0.2) is 0 Å². The number of piperidine rings is 1. The Balaban J connectivity index is 1.69. The number of halogens is 1. The molecule has 1 aromatic rings. The van der Waals surface area contributed by atoms with Crippen LogP contribution in [-0.2, 0) is 10.0 Å². The minimum atomic E-state index is -3.19. The van der Waals surface area contributed by atoms with Gasteiger partial charge >= 0.3 is 0 Å². The molecule has 1 fully saturated rings. The predicted molar refractivity (Wildman–Crippen MR) is 116 cm³/mol. The van der Waals surface area contributed by atoms with E-state index in [1.807, 2.05) is 26.0 Å². The van der Waals surface area contributed by atoms with Crippen molar-refractivity contribution >= 4 is 45.2 Å². The van der Waals surface area contributed by atoms with Gasteiger partial charge < -0.3 is 10.2 Å². The van der Waals surface area contributed by atoms with Crippen molar-refractivity contribution in [3.05, 3.63) is 28.2 Å². The molecule has 0 bridgehead atoms. The van der Waals surface area contributed by atoms with E-state index in [0.717, 1.165) is 42.4 Å². The lowest BCUT2D eigenvalue weighted by Crippen LogP contribution is -2.42. The lowest BCUT2D eigenvalue weighted by atomic mass is 9.94. The van der Waals surface area contributed by atoms with Crippen LogP contribution in [0.3, 0.4) is 0 Å². The predicted octanol–water partition coefficient (Wildman–Crippen LogP) is 0.477. The van der Waals surface area contributed by atoms with Crippen LogP contribution in [0.1, 0.15) is 37.0 Å². The SMILES string of the molecule is Bc1cc(Br)cc(C(=O)NCC2CCN(CCNS(=O)(=O)C(C)C)CC2)c1. The molecule has 0 atom stereocenters. The summed E-state index contributed by atoms with van der Waals surface area (Å²) in [7, 11) is -1.22. The average molecular weight is 458 g/mol. The summed E-state index contributed by atoms with van der Waals surface area (Å²) < 4.78 is 27.1. The Hall–Kier alpha value is -0.895. The van der Waals surface area contributed by atoms with E-state index in [1.54, 1.807) is 13.8 Å². The Morgan fingerprint density at radius 1 is 1.30 bits per heavy atom. The molecule has 0 unspecified atom stereocenters. The fourth-order valence-corrected chi connectivity index (χ4v) is 4.45. The molecule has 6 nitrogen and oxygen atoms in total. The second-order valence-electron chi connectivity index (χ2n) is 7.50. The highest BCUT2D eigenvalue weighted by atomic mass is 79.9. The number of benzene rings is 1. The average Bonchev–Trinajstić information content (AvgIpc) is 2.59. The molecule has 1 aliphatic rings. The number of nitrogens with one attached hydrogen (secondary N) is 2. The van der Waals surface area contributed by atoms with Gasteiger partial charge in [-0.3, -0.25) is 4.79 Å². The van der Waals surface area contributed by atoms with Gasteiger partial charge in [-0.25, -0.2) is 13.1 Å². The highest BCUT2D eigenvalue weighted by Crippen LogP contribution is 2.16. The molecule has 0 aliphatic carbocycles. The lowest BCUT2D eigenvalue weighted by molar-refractivity contribution is 0.0936. The number of sulfonamides is 1. The number of likely N-dealkylation sites (tertiary alicyclic amines) is 1. The molecule has 0 saturated carbocycles. The number of nitrogens with zero attached hydrogens (tertiary/aromatic N) is 1. The van der Waals surface area contributed by atoms with Crippen LogP contribution in [0.15, 0.2) is 22.7 Å². The first kappa shape index (κ1) is 22.4. The summed E-state index contributed by atoms with van der Waals surface area (Å²) in [5.41, 5.74) is 1.73. The second-order valence-corrected chi connectivity index (χ2v) is 10.7. The van der Waals surface area contributed by atoms with E-state index in [0.29, 0.717) is 24.6 Å². The molecule has 1 amide bonds. The molecule has 0 aromatic heterocycles. The van der Waals surface area contributed by atoms with Crippen molar-refractivity contribution in [2.24, 2.45) is 5.92 Å². The van der Waals surface area contributed by atoms with Crippen LogP contribution in [0.4, 0.5) is 0 Å². The maximum Gasteiger partial charge on any atom is 0.251 e. The molecular formula is C18H29BBrN3O3S. The lowest BCUT2D eigenvalue weighted by Gasteiger charge is -2.32. The highest BCUT2D eigenvalue weighted by molar-refractivity contribution is 9.10. The molecule has 0 radical (unpaired) electrons. The van der Waals surface area contributed by atoms with Crippen molar-refractivity contribution < 1.29 is 13.2 Å². The number of hydrogen-bond acceptors (Lipinski definition) is 4. The summed E-state index contributed by atoms with van der Waals surface area (Å²) in [6.45, 7) is 7.07. The Kier molecular flexibility index (Phi) is 8.33. The fourth-order valence-electron chi connectivity index (χ4n) is 3.13. The zero-order valence-corrected chi connectivity index (χ0v) is 18.7. The van der Waals surface area contributed by atoms with E-state index in [9.17, 15) is 13.2 Å². The summed E-state index contributed by atoms with van der Waals surface area (Å²) in [4.78, 5) is 14.6. The molecule has 2 rings (SSSR count). The van der Waals surface area contributed by atoms with Crippen LogP contribution < -0.4 is 15.5 Å². The molecule has 150 valence electrons. The summed E-state index contributed by atoms with van der Waals surface area (Å²) in [6, 6.07) is 5.71. The number of hydrogen-bond donors (Lipinski definition) is 2. The monoisotopic (exact) mass is 457 g/mol. The number of carbonyl (C=O) groups is 1. The zero-order chi connectivity index (χ0) is 20.0. The molecule has 0 spiro atoms. The molecule has 1 aliphatic heterocycles. The Labute approximate surface area is 172 Å². The maximum atomic E-state index is 12.3. The third-order valence-electron chi connectivity index (χ3n) is 4.91. The fraction of sp³-hybridized carbons (Fsp3) is 0.611. The largest absolute Gasteiger partial charge is 0.352 e. The summed E-state index contributed by atoms with van der Waals surface area (Å²) in [5, 5.41) is 2.64. The summed E-state index contributed by atoms with van der Waals surface area (Å²) in [6.07, 6.45) is 2.02. The Morgan fingerprint density at radius 3 is 2.56 bits per heavy atom. The van der Waals surface area contributed by atoms with Crippen LogP contribution in [0.2, 0.25) is 0 Å². The van der Waals surface area contributed by atoms with Gasteiger partial charge in [-0.05, 0) is 51.8 Å². The first-order valence-electron chi connectivity index (χ1n) is 9.43. The van der Waals surface area contributed by atoms with E-state index in [1.165, 1.54) is 0 Å². The normalized spacial score (nSPS) is 16.6.